The third-order valence-electron chi connectivity index (χ3n) is 2.93. The van der Waals surface area contributed by atoms with Gasteiger partial charge in [0.25, 0.3) is 0 Å². The molecule has 1 aromatic rings. The highest BCUT2D eigenvalue weighted by Crippen LogP contribution is 2.07. The SMILES string of the molecule is CCNCCC(C)N(C)Cc1cnn(C)c1. The molecule has 0 fully saturated rings. The Kier molecular flexibility index (Phi) is 5.49. The summed E-state index contributed by atoms with van der Waals surface area (Å²) in [6.45, 7) is 7.53. The minimum Gasteiger partial charge on any atom is -0.317 e. The van der Waals surface area contributed by atoms with Crippen LogP contribution in [0.25, 0.3) is 0 Å². The lowest BCUT2D eigenvalue weighted by Crippen LogP contribution is -2.31. The van der Waals surface area contributed by atoms with Gasteiger partial charge in [-0.15, -0.1) is 0 Å². The molecule has 0 aliphatic heterocycles. The number of hydrogen-bond donors (Lipinski definition) is 1. The number of aryl methyl sites for hydroxylation is 1. The van der Waals surface area contributed by atoms with Crippen LogP contribution < -0.4 is 5.32 Å². The lowest BCUT2D eigenvalue weighted by atomic mass is 10.2. The molecule has 0 amide bonds. The second-order valence-corrected chi connectivity index (χ2v) is 4.43. The van der Waals surface area contributed by atoms with Crippen molar-refractivity contribution in [2.75, 3.05) is 20.1 Å². The molecule has 4 heteroatoms. The molecule has 0 saturated carbocycles. The van der Waals surface area contributed by atoms with Crippen molar-refractivity contribution in [2.24, 2.45) is 7.05 Å². The first-order valence-electron chi connectivity index (χ1n) is 6.02. The molecule has 0 aliphatic rings. The van der Waals surface area contributed by atoms with Gasteiger partial charge in [0.15, 0.2) is 0 Å². The van der Waals surface area contributed by atoms with Crippen LogP contribution >= 0.6 is 0 Å². The van der Waals surface area contributed by atoms with Crippen molar-refractivity contribution >= 4 is 0 Å². The molecule has 1 atom stereocenters. The van der Waals surface area contributed by atoms with E-state index in [4.69, 9.17) is 0 Å². The Bertz CT molecular complexity index is 295. The van der Waals surface area contributed by atoms with Crippen molar-refractivity contribution in [2.45, 2.75) is 32.9 Å². The number of rotatable bonds is 7. The molecule has 1 unspecified atom stereocenters. The van der Waals surface area contributed by atoms with Crippen LogP contribution in [-0.2, 0) is 13.6 Å². The van der Waals surface area contributed by atoms with Crippen molar-refractivity contribution in [1.29, 1.82) is 0 Å². The van der Waals surface area contributed by atoms with Gasteiger partial charge in [-0.25, -0.2) is 0 Å². The molecule has 1 heterocycles. The summed E-state index contributed by atoms with van der Waals surface area (Å²) in [4.78, 5) is 2.37. The highest BCUT2D eigenvalue weighted by atomic mass is 15.2. The molecule has 0 radical (unpaired) electrons. The van der Waals surface area contributed by atoms with E-state index in [1.54, 1.807) is 0 Å². The van der Waals surface area contributed by atoms with Crippen LogP contribution in [0.3, 0.4) is 0 Å². The van der Waals surface area contributed by atoms with Crippen molar-refractivity contribution in [3.63, 3.8) is 0 Å². The third-order valence-corrected chi connectivity index (χ3v) is 2.93. The van der Waals surface area contributed by atoms with Crippen LogP contribution in [-0.4, -0.2) is 40.9 Å². The normalized spacial score (nSPS) is 13.3. The van der Waals surface area contributed by atoms with Gasteiger partial charge in [0, 0.05) is 31.4 Å². The molecule has 1 N–H and O–H groups in total. The summed E-state index contributed by atoms with van der Waals surface area (Å²) >= 11 is 0. The third kappa shape index (κ3) is 4.33. The van der Waals surface area contributed by atoms with Crippen LogP contribution in [0.2, 0.25) is 0 Å². The van der Waals surface area contributed by atoms with Crippen molar-refractivity contribution in [3.8, 4) is 0 Å². The number of nitrogens with one attached hydrogen (secondary N) is 1. The topological polar surface area (TPSA) is 33.1 Å². The predicted octanol–water partition coefficient (Wildman–Crippen LogP) is 1.24. The van der Waals surface area contributed by atoms with Crippen LogP contribution in [0.5, 0.6) is 0 Å². The van der Waals surface area contributed by atoms with Crippen LogP contribution in [0.15, 0.2) is 12.4 Å². The van der Waals surface area contributed by atoms with E-state index < -0.39 is 0 Å². The molecular weight excluding hydrogens is 200 g/mol. The van der Waals surface area contributed by atoms with Crippen molar-refractivity contribution in [1.82, 2.24) is 20.0 Å². The van der Waals surface area contributed by atoms with E-state index in [0.29, 0.717) is 6.04 Å². The minimum atomic E-state index is 0.597. The summed E-state index contributed by atoms with van der Waals surface area (Å²) in [5.74, 6) is 0. The van der Waals surface area contributed by atoms with Crippen molar-refractivity contribution in [3.05, 3.63) is 18.0 Å². The first-order chi connectivity index (χ1) is 7.63. The molecule has 16 heavy (non-hydrogen) atoms. The zero-order valence-corrected chi connectivity index (χ0v) is 10.9. The first-order valence-corrected chi connectivity index (χ1v) is 6.02. The van der Waals surface area contributed by atoms with Gasteiger partial charge in [-0.3, -0.25) is 9.58 Å². The Hall–Kier alpha value is -0.870. The first kappa shape index (κ1) is 13.2. The quantitative estimate of drug-likeness (QED) is 0.707. The average molecular weight is 224 g/mol. The van der Waals surface area contributed by atoms with Gasteiger partial charge in [0.05, 0.1) is 6.20 Å². The summed E-state index contributed by atoms with van der Waals surface area (Å²) in [5.41, 5.74) is 1.28. The largest absolute Gasteiger partial charge is 0.317 e. The fourth-order valence-electron chi connectivity index (χ4n) is 1.71. The van der Waals surface area contributed by atoms with E-state index in [9.17, 15) is 0 Å². The molecule has 0 aromatic carbocycles. The van der Waals surface area contributed by atoms with E-state index >= 15 is 0 Å². The highest BCUT2D eigenvalue weighted by molar-refractivity contribution is 5.03. The number of hydrogen-bond acceptors (Lipinski definition) is 3. The van der Waals surface area contributed by atoms with Crippen LogP contribution in [0.1, 0.15) is 25.8 Å². The Morgan fingerprint density at radius 3 is 2.88 bits per heavy atom. The monoisotopic (exact) mass is 224 g/mol. The smallest absolute Gasteiger partial charge is 0.0534 e. The fraction of sp³-hybridized carbons (Fsp3) is 0.750. The van der Waals surface area contributed by atoms with E-state index in [1.165, 1.54) is 12.0 Å². The summed E-state index contributed by atoms with van der Waals surface area (Å²) in [5, 5.41) is 7.54. The summed E-state index contributed by atoms with van der Waals surface area (Å²) in [7, 11) is 4.13. The molecule has 4 nitrogen and oxygen atoms in total. The highest BCUT2D eigenvalue weighted by Gasteiger charge is 2.09. The standard InChI is InChI=1S/C12H24N4/c1-5-13-7-6-11(2)15(3)9-12-8-14-16(4)10-12/h8,10-11,13H,5-7,9H2,1-4H3. The fourth-order valence-corrected chi connectivity index (χ4v) is 1.71. The van der Waals surface area contributed by atoms with Gasteiger partial charge in [0.1, 0.15) is 0 Å². The van der Waals surface area contributed by atoms with Gasteiger partial charge in [-0.05, 0) is 33.5 Å². The molecule has 92 valence electrons. The maximum absolute atomic E-state index is 4.18. The number of nitrogens with zero attached hydrogens (tertiary/aromatic N) is 3. The van der Waals surface area contributed by atoms with E-state index in [2.05, 4.69) is 42.4 Å². The van der Waals surface area contributed by atoms with Gasteiger partial charge in [-0.2, -0.15) is 5.10 Å². The van der Waals surface area contributed by atoms with Gasteiger partial charge in [-0.1, -0.05) is 6.92 Å². The Balaban J connectivity index is 2.30. The molecule has 0 bridgehead atoms. The zero-order valence-electron chi connectivity index (χ0n) is 10.9. The second-order valence-electron chi connectivity index (χ2n) is 4.43. The molecule has 0 spiro atoms. The predicted molar refractivity (Wildman–Crippen MR) is 67.3 cm³/mol. The Morgan fingerprint density at radius 1 is 1.56 bits per heavy atom. The Morgan fingerprint density at radius 2 is 2.31 bits per heavy atom. The molecule has 0 aliphatic carbocycles. The van der Waals surface area contributed by atoms with Gasteiger partial charge in [0.2, 0.25) is 0 Å². The minimum absolute atomic E-state index is 0.597. The molecule has 0 saturated heterocycles. The molecule has 1 rings (SSSR count). The maximum atomic E-state index is 4.18. The summed E-state index contributed by atoms with van der Waals surface area (Å²) < 4.78 is 1.85. The van der Waals surface area contributed by atoms with Crippen LogP contribution in [0, 0.1) is 0 Å². The second kappa shape index (κ2) is 6.66. The van der Waals surface area contributed by atoms with Crippen molar-refractivity contribution < 1.29 is 0 Å². The van der Waals surface area contributed by atoms with E-state index in [-0.39, 0.29) is 0 Å². The average Bonchev–Trinajstić information content (AvgIpc) is 2.64. The Labute approximate surface area is 98.6 Å². The molecule has 1 aromatic heterocycles. The van der Waals surface area contributed by atoms with E-state index in [1.807, 2.05) is 17.9 Å². The lowest BCUT2D eigenvalue weighted by molar-refractivity contribution is 0.237. The maximum Gasteiger partial charge on any atom is 0.0534 e. The van der Waals surface area contributed by atoms with E-state index in [0.717, 1.165) is 19.6 Å². The summed E-state index contributed by atoms with van der Waals surface area (Å²) in [6.07, 6.45) is 5.20. The molecular formula is C12H24N4. The zero-order chi connectivity index (χ0) is 12.0. The number of aromatic nitrogens is 2. The van der Waals surface area contributed by atoms with Crippen LogP contribution in [0.4, 0.5) is 0 Å². The van der Waals surface area contributed by atoms with Gasteiger partial charge < -0.3 is 5.32 Å². The summed E-state index contributed by atoms with van der Waals surface area (Å²) in [6, 6.07) is 0.597. The lowest BCUT2D eigenvalue weighted by Gasteiger charge is -2.24. The van der Waals surface area contributed by atoms with Gasteiger partial charge >= 0.3 is 0 Å².